The molecular formula is C8H11BrN2O4S2. The number of aromatic nitrogens is 1. The third-order valence-corrected chi connectivity index (χ3v) is 4.61. The summed E-state index contributed by atoms with van der Waals surface area (Å²) in [6.07, 6.45) is 0.986. The Labute approximate surface area is 109 Å². The number of anilines is 1. The number of rotatable bonds is 5. The molecule has 0 saturated carbocycles. The molecule has 0 aliphatic rings. The van der Waals surface area contributed by atoms with Crippen LogP contribution in [-0.4, -0.2) is 39.6 Å². The van der Waals surface area contributed by atoms with Gasteiger partial charge in [0, 0.05) is 6.26 Å². The van der Waals surface area contributed by atoms with Gasteiger partial charge in [0.15, 0.2) is 0 Å². The Kier molecular flexibility index (Phi) is 4.50. The Morgan fingerprint density at radius 3 is 2.41 bits per heavy atom. The molecule has 6 nitrogen and oxygen atoms in total. The molecule has 9 heteroatoms. The summed E-state index contributed by atoms with van der Waals surface area (Å²) in [6.45, 7) is 0. The molecule has 1 aromatic heterocycles. The van der Waals surface area contributed by atoms with E-state index in [-0.39, 0.29) is 5.82 Å². The van der Waals surface area contributed by atoms with Gasteiger partial charge in [0.25, 0.3) is 0 Å². The lowest BCUT2D eigenvalue weighted by Crippen LogP contribution is -2.22. The number of hydrogen-bond donors (Lipinski definition) is 1. The van der Waals surface area contributed by atoms with Gasteiger partial charge in [-0.25, -0.2) is 21.8 Å². The predicted octanol–water partition coefficient (Wildman–Crippen LogP) is 0.630. The molecule has 0 unspecified atom stereocenters. The second-order valence-electron chi connectivity index (χ2n) is 3.40. The van der Waals surface area contributed by atoms with Crippen LogP contribution in [-0.2, 0) is 19.9 Å². The first-order chi connectivity index (χ1) is 7.68. The van der Waals surface area contributed by atoms with Crippen LogP contribution in [0.4, 0.5) is 5.82 Å². The third kappa shape index (κ3) is 5.99. The lowest BCUT2D eigenvalue weighted by Gasteiger charge is -2.06. The highest BCUT2D eigenvalue weighted by Gasteiger charge is 2.15. The van der Waals surface area contributed by atoms with Gasteiger partial charge >= 0.3 is 0 Å². The Morgan fingerprint density at radius 2 is 1.88 bits per heavy atom. The maximum Gasteiger partial charge on any atom is 0.234 e. The number of nitrogens with zero attached hydrogens (tertiary/aromatic N) is 1. The standard InChI is InChI=1S/C8H11BrN2O4S2/c1-16(12,13)5-6-17(14,15)11-8-4-2-3-7(9)10-8/h2-4H,5-6H2,1H3,(H,10,11). The van der Waals surface area contributed by atoms with E-state index in [1.807, 2.05) is 0 Å². The molecule has 1 N–H and O–H groups in total. The van der Waals surface area contributed by atoms with E-state index in [1.54, 1.807) is 12.1 Å². The molecule has 17 heavy (non-hydrogen) atoms. The van der Waals surface area contributed by atoms with Gasteiger partial charge in [0.05, 0.1) is 11.5 Å². The fourth-order valence-corrected chi connectivity index (χ4v) is 3.90. The molecule has 0 amide bonds. The average molecular weight is 343 g/mol. The van der Waals surface area contributed by atoms with Gasteiger partial charge < -0.3 is 0 Å². The summed E-state index contributed by atoms with van der Waals surface area (Å²) >= 11 is 3.10. The van der Waals surface area contributed by atoms with Gasteiger partial charge in [-0.3, -0.25) is 4.72 Å². The maximum atomic E-state index is 11.5. The van der Waals surface area contributed by atoms with Crippen LogP contribution in [0.2, 0.25) is 0 Å². The molecule has 1 aromatic rings. The summed E-state index contributed by atoms with van der Waals surface area (Å²) < 4.78 is 47.5. The van der Waals surface area contributed by atoms with Crippen molar-refractivity contribution in [2.75, 3.05) is 22.5 Å². The summed E-state index contributed by atoms with van der Waals surface area (Å²) in [5.41, 5.74) is 0. The summed E-state index contributed by atoms with van der Waals surface area (Å²) in [5.74, 6) is -0.760. The molecule has 0 spiro atoms. The Hall–Kier alpha value is -0.670. The van der Waals surface area contributed by atoms with Crippen molar-refractivity contribution in [3.8, 4) is 0 Å². The first kappa shape index (κ1) is 14.4. The lowest BCUT2D eigenvalue weighted by atomic mass is 10.5. The van der Waals surface area contributed by atoms with Gasteiger partial charge in [-0.1, -0.05) is 6.07 Å². The molecular weight excluding hydrogens is 332 g/mol. The van der Waals surface area contributed by atoms with Crippen molar-refractivity contribution in [1.29, 1.82) is 0 Å². The first-order valence-corrected chi connectivity index (χ1v) is 8.99. The highest BCUT2D eigenvalue weighted by molar-refractivity contribution is 9.10. The van der Waals surface area contributed by atoms with Crippen molar-refractivity contribution in [3.63, 3.8) is 0 Å². The van der Waals surface area contributed by atoms with Gasteiger partial charge in [-0.15, -0.1) is 0 Å². The Balaban J connectivity index is 2.74. The smallest absolute Gasteiger partial charge is 0.234 e. The average Bonchev–Trinajstić information content (AvgIpc) is 2.13. The van der Waals surface area contributed by atoms with Crippen LogP contribution in [0, 0.1) is 0 Å². The van der Waals surface area contributed by atoms with Crippen molar-refractivity contribution in [2.24, 2.45) is 0 Å². The van der Waals surface area contributed by atoms with E-state index >= 15 is 0 Å². The molecule has 0 aliphatic heterocycles. The van der Waals surface area contributed by atoms with Crippen LogP contribution < -0.4 is 4.72 Å². The lowest BCUT2D eigenvalue weighted by molar-refractivity contribution is 0.593. The van der Waals surface area contributed by atoms with E-state index in [4.69, 9.17) is 0 Å². The number of nitrogens with one attached hydrogen (secondary N) is 1. The van der Waals surface area contributed by atoms with Gasteiger partial charge in [0.1, 0.15) is 20.3 Å². The predicted molar refractivity (Wildman–Crippen MR) is 69.1 cm³/mol. The van der Waals surface area contributed by atoms with Crippen LogP contribution in [0.5, 0.6) is 0 Å². The molecule has 0 aliphatic carbocycles. The monoisotopic (exact) mass is 342 g/mol. The SMILES string of the molecule is CS(=O)(=O)CCS(=O)(=O)Nc1cccc(Br)n1. The highest BCUT2D eigenvalue weighted by Crippen LogP contribution is 2.11. The van der Waals surface area contributed by atoms with Gasteiger partial charge in [0.2, 0.25) is 10.0 Å². The zero-order valence-electron chi connectivity index (χ0n) is 8.92. The van der Waals surface area contributed by atoms with Crippen LogP contribution in [0.15, 0.2) is 22.8 Å². The quantitative estimate of drug-likeness (QED) is 0.792. The van der Waals surface area contributed by atoms with Crippen molar-refractivity contribution >= 4 is 41.6 Å². The third-order valence-electron chi connectivity index (χ3n) is 1.70. The van der Waals surface area contributed by atoms with E-state index in [0.29, 0.717) is 4.60 Å². The molecule has 1 heterocycles. The fourth-order valence-electron chi connectivity index (χ4n) is 0.937. The number of hydrogen-bond acceptors (Lipinski definition) is 5. The zero-order valence-corrected chi connectivity index (χ0v) is 12.1. The minimum atomic E-state index is -3.70. The van der Waals surface area contributed by atoms with E-state index < -0.39 is 31.4 Å². The van der Waals surface area contributed by atoms with Gasteiger partial charge in [-0.05, 0) is 28.1 Å². The van der Waals surface area contributed by atoms with Crippen molar-refractivity contribution in [2.45, 2.75) is 0 Å². The summed E-state index contributed by atoms with van der Waals surface area (Å²) in [6, 6.07) is 4.74. The second kappa shape index (κ2) is 5.32. The molecule has 1 rings (SSSR count). The number of sulfonamides is 1. The van der Waals surface area contributed by atoms with E-state index in [1.165, 1.54) is 6.07 Å². The first-order valence-electron chi connectivity index (χ1n) is 4.49. The number of pyridine rings is 1. The largest absolute Gasteiger partial charge is 0.267 e. The van der Waals surface area contributed by atoms with Crippen LogP contribution >= 0.6 is 15.9 Å². The Morgan fingerprint density at radius 1 is 1.24 bits per heavy atom. The van der Waals surface area contributed by atoms with Gasteiger partial charge in [-0.2, -0.15) is 0 Å². The van der Waals surface area contributed by atoms with Crippen molar-refractivity contribution in [3.05, 3.63) is 22.8 Å². The van der Waals surface area contributed by atoms with E-state index in [2.05, 4.69) is 25.6 Å². The van der Waals surface area contributed by atoms with Crippen LogP contribution in [0.3, 0.4) is 0 Å². The zero-order chi connectivity index (χ0) is 13.1. The second-order valence-corrected chi connectivity index (χ2v) is 8.31. The molecule has 96 valence electrons. The van der Waals surface area contributed by atoms with Crippen LogP contribution in [0.25, 0.3) is 0 Å². The topological polar surface area (TPSA) is 93.2 Å². The maximum absolute atomic E-state index is 11.5. The minimum Gasteiger partial charge on any atom is -0.267 e. The highest BCUT2D eigenvalue weighted by atomic mass is 79.9. The Bertz CT molecular complexity index is 598. The van der Waals surface area contributed by atoms with Crippen LogP contribution in [0.1, 0.15) is 0 Å². The summed E-state index contributed by atoms with van der Waals surface area (Å²) in [4.78, 5) is 3.88. The molecule has 0 radical (unpaired) electrons. The normalized spacial score (nSPS) is 12.4. The van der Waals surface area contributed by atoms with Crippen molar-refractivity contribution in [1.82, 2.24) is 4.98 Å². The van der Waals surface area contributed by atoms with E-state index in [0.717, 1.165) is 6.26 Å². The van der Waals surface area contributed by atoms with Crippen molar-refractivity contribution < 1.29 is 16.8 Å². The number of halogens is 1. The molecule has 0 aromatic carbocycles. The molecule has 0 bridgehead atoms. The molecule has 0 fully saturated rings. The fraction of sp³-hybridized carbons (Fsp3) is 0.375. The number of sulfone groups is 1. The molecule has 0 saturated heterocycles. The van der Waals surface area contributed by atoms with E-state index in [9.17, 15) is 16.8 Å². The summed E-state index contributed by atoms with van der Waals surface area (Å²) in [7, 11) is -7.00. The minimum absolute atomic E-state index is 0.146. The summed E-state index contributed by atoms with van der Waals surface area (Å²) in [5, 5.41) is 0. The molecule has 0 atom stereocenters.